The summed E-state index contributed by atoms with van der Waals surface area (Å²) >= 11 is 0. The van der Waals surface area contributed by atoms with Gasteiger partial charge in [-0.1, -0.05) is 18.2 Å². The van der Waals surface area contributed by atoms with Crippen LogP contribution in [0.25, 0.3) is 11.1 Å². The maximum atomic E-state index is 12.1. The molecule has 1 aromatic heterocycles. The summed E-state index contributed by atoms with van der Waals surface area (Å²) in [5, 5.41) is 0. The highest BCUT2D eigenvalue weighted by Gasteiger charge is 2.16. The summed E-state index contributed by atoms with van der Waals surface area (Å²) < 4.78 is 34.6. The monoisotopic (exact) mass is 289 g/mol. The highest BCUT2D eigenvalue weighted by molar-refractivity contribution is 7.87. The second-order valence-corrected chi connectivity index (χ2v) is 5.76. The molecule has 0 fully saturated rings. The summed E-state index contributed by atoms with van der Waals surface area (Å²) in [6.45, 7) is 1.72. The smallest absolute Gasteiger partial charge is 0.339 e. The number of rotatable bonds is 3. The van der Waals surface area contributed by atoms with E-state index in [-0.39, 0.29) is 10.6 Å². The van der Waals surface area contributed by atoms with E-state index in [0.717, 1.165) is 0 Å². The number of hydrogen-bond donors (Lipinski definition) is 0. The van der Waals surface area contributed by atoms with Crippen LogP contribution < -0.4 is 4.18 Å². The van der Waals surface area contributed by atoms with Crippen LogP contribution in [0.15, 0.2) is 57.8 Å². The van der Waals surface area contributed by atoms with Crippen molar-refractivity contribution in [3.63, 3.8) is 0 Å². The molecule has 0 aliphatic heterocycles. The first kappa shape index (κ1) is 12.7. The maximum absolute atomic E-state index is 12.1. The number of fused-ring (bicyclic) bond motifs is 1. The van der Waals surface area contributed by atoms with Gasteiger partial charge in [-0.05, 0) is 24.3 Å². The average molecular weight is 289 g/mol. The third kappa shape index (κ3) is 2.37. The zero-order chi connectivity index (χ0) is 14.2. The second-order valence-electron chi connectivity index (χ2n) is 4.21. The van der Waals surface area contributed by atoms with Crippen molar-refractivity contribution in [1.29, 1.82) is 0 Å². The van der Waals surface area contributed by atoms with Gasteiger partial charge in [-0.3, -0.25) is 0 Å². The minimum absolute atomic E-state index is 0.108. The Labute approximate surface area is 115 Å². The summed E-state index contributed by atoms with van der Waals surface area (Å²) in [6, 6.07) is 12.7. The Hall–Kier alpha value is -2.34. The van der Waals surface area contributed by atoms with E-state index in [4.69, 9.17) is 8.60 Å². The van der Waals surface area contributed by atoms with Crippen molar-refractivity contribution in [2.24, 2.45) is 0 Å². The van der Waals surface area contributed by atoms with E-state index >= 15 is 0 Å². The topological polar surface area (TPSA) is 69.4 Å². The average Bonchev–Trinajstić information content (AvgIpc) is 2.79. The quantitative estimate of drug-likeness (QED) is 0.693. The van der Waals surface area contributed by atoms with Crippen LogP contribution in [0, 0.1) is 6.92 Å². The van der Waals surface area contributed by atoms with Crippen LogP contribution >= 0.6 is 0 Å². The van der Waals surface area contributed by atoms with Gasteiger partial charge in [-0.15, -0.1) is 0 Å². The normalized spacial score (nSPS) is 11.7. The molecular weight excluding hydrogens is 278 g/mol. The van der Waals surface area contributed by atoms with Crippen LogP contribution in [0.3, 0.4) is 0 Å². The van der Waals surface area contributed by atoms with Gasteiger partial charge < -0.3 is 8.60 Å². The van der Waals surface area contributed by atoms with Gasteiger partial charge in [0.25, 0.3) is 0 Å². The van der Waals surface area contributed by atoms with Crippen LogP contribution in [-0.4, -0.2) is 13.4 Å². The maximum Gasteiger partial charge on any atom is 0.339 e. The van der Waals surface area contributed by atoms with Crippen molar-refractivity contribution in [1.82, 2.24) is 4.98 Å². The van der Waals surface area contributed by atoms with Gasteiger partial charge in [0, 0.05) is 13.0 Å². The van der Waals surface area contributed by atoms with Gasteiger partial charge in [0.2, 0.25) is 0 Å². The molecule has 0 amide bonds. The number of nitrogens with zero attached hydrogens (tertiary/aromatic N) is 1. The predicted molar refractivity (Wildman–Crippen MR) is 73.0 cm³/mol. The number of hydrogen-bond acceptors (Lipinski definition) is 5. The molecule has 0 atom stereocenters. The van der Waals surface area contributed by atoms with Crippen molar-refractivity contribution in [3.8, 4) is 5.75 Å². The fraction of sp³-hybridized carbons (Fsp3) is 0.0714. The Morgan fingerprint density at radius 2 is 1.85 bits per heavy atom. The lowest BCUT2D eigenvalue weighted by molar-refractivity contribution is 0.486. The van der Waals surface area contributed by atoms with E-state index in [2.05, 4.69) is 4.98 Å². The number of aromatic nitrogens is 1. The van der Waals surface area contributed by atoms with Crippen molar-refractivity contribution in [3.05, 3.63) is 54.4 Å². The molecule has 0 N–H and O–H groups in total. The molecule has 3 aromatic rings. The minimum atomic E-state index is -3.83. The zero-order valence-corrected chi connectivity index (χ0v) is 11.4. The Kier molecular flexibility index (Phi) is 2.94. The van der Waals surface area contributed by atoms with Crippen LogP contribution in [-0.2, 0) is 10.1 Å². The molecule has 0 aliphatic rings. The Morgan fingerprint density at radius 3 is 2.60 bits per heavy atom. The number of aryl methyl sites for hydroxylation is 1. The molecule has 0 saturated carbocycles. The summed E-state index contributed by atoms with van der Waals surface area (Å²) in [6.07, 6.45) is 0. The Bertz CT molecular complexity index is 853. The van der Waals surface area contributed by atoms with Gasteiger partial charge in [0.05, 0.1) is 0 Å². The van der Waals surface area contributed by atoms with E-state index in [1.54, 1.807) is 31.2 Å². The molecule has 0 unspecified atom stereocenters. The molecule has 3 rings (SSSR count). The van der Waals surface area contributed by atoms with Gasteiger partial charge in [-0.25, -0.2) is 4.98 Å². The summed E-state index contributed by atoms with van der Waals surface area (Å²) in [5.41, 5.74) is 1.15. The van der Waals surface area contributed by atoms with E-state index in [9.17, 15) is 8.42 Å². The third-order valence-electron chi connectivity index (χ3n) is 2.70. The molecule has 102 valence electrons. The highest BCUT2D eigenvalue weighted by atomic mass is 32.2. The number of oxazole rings is 1. The first-order chi connectivity index (χ1) is 9.54. The summed E-state index contributed by atoms with van der Waals surface area (Å²) in [4.78, 5) is 4.24. The van der Waals surface area contributed by atoms with Crippen molar-refractivity contribution in [2.45, 2.75) is 11.8 Å². The molecular formula is C14H11NO4S. The largest absolute Gasteiger partial charge is 0.441 e. The van der Waals surface area contributed by atoms with Gasteiger partial charge in [0.15, 0.2) is 11.5 Å². The van der Waals surface area contributed by atoms with Crippen LogP contribution in [0.2, 0.25) is 0 Å². The lowest BCUT2D eigenvalue weighted by Crippen LogP contribution is -2.09. The summed E-state index contributed by atoms with van der Waals surface area (Å²) in [5.74, 6) is 0.720. The second kappa shape index (κ2) is 4.64. The van der Waals surface area contributed by atoms with E-state index in [0.29, 0.717) is 17.0 Å². The van der Waals surface area contributed by atoms with Crippen molar-refractivity contribution in [2.75, 3.05) is 0 Å². The van der Waals surface area contributed by atoms with E-state index < -0.39 is 10.1 Å². The SMILES string of the molecule is Cc1nc2cc(OS(=O)(=O)c3ccccc3)ccc2o1. The first-order valence-electron chi connectivity index (χ1n) is 5.91. The van der Waals surface area contributed by atoms with Gasteiger partial charge in [0.1, 0.15) is 16.2 Å². The predicted octanol–water partition coefficient (Wildman–Crippen LogP) is 2.90. The Morgan fingerprint density at radius 1 is 1.10 bits per heavy atom. The molecule has 6 heteroatoms. The summed E-state index contributed by atoms with van der Waals surface area (Å²) in [7, 11) is -3.83. The van der Waals surface area contributed by atoms with Crippen molar-refractivity contribution >= 4 is 21.2 Å². The molecule has 20 heavy (non-hydrogen) atoms. The van der Waals surface area contributed by atoms with Crippen LogP contribution in [0.5, 0.6) is 5.75 Å². The van der Waals surface area contributed by atoms with E-state index in [1.807, 2.05) is 0 Å². The molecule has 0 saturated heterocycles. The standard InChI is InChI=1S/C14H11NO4S/c1-10-15-13-9-11(7-8-14(13)18-10)19-20(16,17)12-5-3-2-4-6-12/h2-9H,1H3. The molecule has 5 nitrogen and oxygen atoms in total. The zero-order valence-electron chi connectivity index (χ0n) is 10.6. The first-order valence-corrected chi connectivity index (χ1v) is 7.32. The molecule has 0 spiro atoms. The molecule has 1 heterocycles. The van der Waals surface area contributed by atoms with Crippen LogP contribution in [0.1, 0.15) is 5.89 Å². The van der Waals surface area contributed by atoms with E-state index in [1.165, 1.54) is 24.3 Å². The lowest BCUT2D eigenvalue weighted by Gasteiger charge is -2.06. The minimum Gasteiger partial charge on any atom is -0.441 e. The van der Waals surface area contributed by atoms with Crippen LogP contribution in [0.4, 0.5) is 0 Å². The number of benzene rings is 2. The fourth-order valence-corrected chi connectivity index (χ4v) is 2.78. The lowest BCUT2D eigenvalue weighted by atomic mass is 10.3. The highest BCUT2D eigenvalue weighted by Crippen LogP contribution is 2.24. The molecule has 0 radical (unpaired) electrons. The fourth-order valence-electron chi connectivity index (χ4n) is 1.84. The molecule has 0 bridgehead atoms. The third-order valence-corrected chi connectivity index (χ3v) is 3.97. The Balaban J connectivity index is 1.96. The molecule has 2 aromatic carbocycles. The van der Waals surface area contributed by atoms with Crippen molar-refractivity contribution < 1.29 is 17.0 Å². The van der Waals surface area contributed by atoms with Gasteiger partial charge >= 0.3 is 10.1 Å². The van der Waals surface area contributed by atoms with Gasteiger partial charge in [-0.2, -0.15) is 8.42 Å². The molecule has 0 aliphatic carbocycles.